The van der Waals surface area contributed by atoms with Crippen molar-refractivity contribution in [3.63, 3.8) is 0 Å². The standard InChI is InChI=1S/C9H20N2/c1-6-10-7-8-11(5)9(2,3)4/h7-8,10H,6H2,1-5H3/b8-7-. The van der Waals surface area contributed by atoms with Crippen LogP contribution in [0.4, 0.5) is 0 Å². The van der Waals surface area contributed by atoms with Gasteiger partial charge >= 0.3 is 0 Å². The molecule has 1 N–H and O–H groups in total. The molecule has 0 saturated carbocycles. The molecule has 0 aliphatic heterocycles. The van der Waals surface area contributed by atoms with Gasteiger partial charge in [0.05, 0.1) is 0 Å². The highest BCUT2D eigenvalue weighted by molar-refractivity contribution is 4.85. The predicted molar refractivity (Wildman–Crippen MR) is 50.3 cm³/mol. The van der Waals surface area contributed by atoms with Crippen LogP contribution in [-0.4, -0.2) is 24.0 Å². The fraction of sp³-hybridized carbons (Fsp3) is 0.778. The summed E-state index contributed by atoms with van der Waals surface area (Å²) >= 11 is 0. The maximum atomic E-state index is 3.13. The van der Waals surface area contributed by atoms with Gasteiger partial charge in [0.1, 0.15) is 0 Å². The topological polar surface area (TPSA) is 15.3 Å². The van der Waals surface area contributed by atoms with Gasteiger partial charge in [-0.3, -0.25) is 0 Å². The van der Waals surface area contributed by atoms with Gasteiger partial charge in [-0.05, 0) is 27.7 Å². The van der Waals surface area contributed by atoms with Crippen molar-refractivity contribution < 1.29 is 0 Å². The molecule has 2 heteroatoms. The van der Waals surface area contributed by atoms with Crippen LogP contribution in [0.1, 0.15) is 27.7 Å². The molecule has 0 unspecified atom stereocenters. The first-order chi connectivity index (χ1) is 4.98. The Labute approximate surface area is 70.3 Å². The first-order valence-electron chi connectivity index (χ1n) is 4.11. The van der Waals surface area contributed by atoms with E-state index in [2.05, 4.69) is 51.2 Å². The van der Waals surface area contributed by atoms with Crippen molar-refractivity contribution in [2.75, 3.05) is 13.6 Å². The van der Waals surface area contributed by atoms with Crippen LogP contribution >= 0.6 is 0 Å². The van der Waals surface area contributed by atoms with Crippen LogP contribution in [0.15, 0.2) is 12.4 Å². The van der Waals surface area contributed by atoms with Crippen LogP contribution in [0.25, 0.3) is 0 Å². The normalized spacial score (nSPS) is 12.1. The summed E-state index contributed by atoms with van der Waals surface area (Å²) in [6.45, 7) is 9.62. The van der Waals surface area contributed by atoms with Crippen molar-refractivity contribution in [3.8, 4) is 0 Å². The first-order valence-corrected chi connectivity index (χ1v) is 4.11. The molecule has 0 saturated heterocycles. The minimum atomic E-state index is 0.214. The van der Waals surface area contributed by atoms with E-state index in [9.17, 15) is 0 Å². The molecule has 2 nitrogen and oxygen atoms in total. The zero-order valence-electron chi connectivity index (χ0n) is 8.31. The van der Waals surface area contributed by atoms with E-state index in [1.165, 1.54) is 0 Å². The molecule has 0 spiro atoms. The van der Waals surface area contributed by atoms with E-state index in [-0.39, 0.29) is 5.54 Å². The molecule has 0 aromatic heterocycles. The zero-order chi connectivity index (χ0) is 8.91. The highest BCUT2D eigenvalue weighted by atomic mass is 15.1. The van der Waals surface area contributed by atoms with Crippen molar-refractivity contribution in [3.05, 3.63) is 12.4 Å². The highest BCUT2D eigenvalue weighted by Gasteiger charge is 2.12. The number of rotatable bonds is 3. The van der Waals surface area contributed by atoms with Gasteiger partial charge in [-0.2, -0.15) is 0 Å². The average molecular weight is 156 g/mol. The van der Waals surface area contributed by atoms with Crippen LogP contribution in [0.2, 0.25) is 0 Å². The van der Waals surface area contributed by atoms with Gasteiger partial charge in [-0.1, -0.05) is 0 Å². The summed E-state index contributed by atoms with van der Waals surface area (Å²) in [7, 11) is 2.08. The second kappa shape index (κ2) is 4.27. The smallest absolute Gasteiger partial charge is 0.0309 e. The lowest BCUT2D eigenvalue weighted by molar-refractivity contribution is 0.249. The van der Waals surface area contributed by atoms with E-state index in [1.54, 1.807) is 0 Å². The van der Waals surface area contributed by atoms with Gasteiger partial charge in [-0.25, -0.2) is 0 Å². The quantitative estimate of drug-likeness (QED) is 0.670. The molecule has 0 radical (unpaired) electrons. The third-order valence-electron chi connectivity index (χ3n) is 1.68. The molecule has 0 atom stereocenters. The summed E-state index contributed by atoms with van der Waals surface area (Å²) < 4.78 is 0. The maximum Gasteiger partial charge on any atom is 0.0309 e. The van der Waals surface area contributed by atoms with E-state index in [0.717, 1.165) is 6.54 Å². The number of hydrogen-bond acceptors (Lipinski definition) is 2. The molecule has 11 heavy (non-hydrogen) atoms. The summed E-state index contributed by atoms with van der Waals surface area (Å²) in [5.41, 5.74) is 0.214. The number of nitrogens with one attached hydrogen (secondary N) is 1. The Morgan fingerprint density at radius 2 is 1.91 bits per heavy atom. The predicted octanol–water partition coefficient (Wildman–Crippen LogP) is 1.80. The third-order valence-corrected chi connectivity index (χ3v) is 1.68. The van der Waals surface area contributed by atoms with Crippen LogP contribution in [0, 0.1) is 0 Å². The van der Waals surface area contributed by atoms with Crippen LogP contribution in [0.5, 0.6) is 0 Å². The molecule has 66 valence electrons. The zero-order valence-corrected chi connectivity index (χ0v) is 8.31. The Hall–Kier alpha value is -0.660. The lowest BCUT2D eigenvalue weighted by Gasteiger charge is -2.30. The van der Waals surface area contributed by atoms with E-state index < -0.39 is 0 Å². The molecule has 0 amide bonds. The molecule has 0 aliphatic carbocycles. The van der Waals surface area contributed by atoms with Gasteiger partial charge in [0.15, 0.2) is 0 Å². The van der Waals surface area contributed by atoms with E-state index in [1.807, 2.05) is 6.20 Å². The Morgan fingerprint density at radius 1 is 1.36 bits per heavy atom. The van der Waals surface area contributed by atoms with Gasteiger partial charge in [-0.15, -0.1) is 0 Å². The molecule has 0 aromatic carbocycles. The van der Waals surface area contributed by atoms with Crippen molar-refractivity contribution >= 4 is 0 Å². The summed E-state index contributed by atoms with van der Waals surface area (Å²) in [6, 6.07) is 0. The molecule has 0 aromatic rings. The van der Waals surface area contributed by atoms with Crippen LogP contribution in [-0.2, 0) is 0 Å². The maximum absolute atomic E-state index is 3.13. The summed E-state index contributed by atoms with van der Waals surface area (Å²) in [5.74, 6) is 0. The van der Waals surface area contributed by atoms with Crippen molar-refractivity contribution in [2.45, 2.75) is 33.2 Å². The fourth-order valence-corrected chi connectivity index (χ4v) is 0.506. The molecule has 0 fully saturated rings. The van der Waals surface area contributed by atoms with Crippen LogP contribution < -0.4 is 5.32 Å². The van der Waals surface area contributed by atoms with Crippen LogP contribution in [0.3, 0.4) is 0 Å². The molecular weight excluding hydrogens is 136 g/mol. The molecule has 0 bridgehead atoms. The van der Waals surface area contributed by atoms with Crippen molar-refractivity contribution in [1.82, 2.24) is 10.2 Å². The molecule has 0 heterocycles. The van der Waals surface area contributed by atoms with Gasteiger partial charge in [0.25, 0.3) is 0 Å². The van der Waals surface area contributed by atoms with Gasteiger partial charge in [0.2, 0.25) is 0 Å². The van der Waals surface area contributed by atoms with Crippen molar-refractivity contribution in [2.24, 2.45) is 0 Å². The SMILES string of the molecule is CCN/C=C\N(C)C(C)(C)C. The van der Waals surface area contributed by atoms with Gasteiger partial charge in [0, 0.05) is 31.5 Å². The Bertz CT molecular complexity index is 122. The minimum Gasteiger partial charge on any atom is -0.390 e. The molecule has 0 rings (SSSR count). The third kappa shape index (κ3) is 4.71. The van der Waals surface area contributed by atoms with Crippen molar-refractivity contribution in [1.29, 1.82) is 0 Å². The number of hydrogen-bond donors (Lipinski definition) is 1. The first kappa shape index (κ1) is 10.3. The largest absolute Gasteiger partial charge is 0.390 e. The fourth-order valence-electron chi connectivity index (χ4n) is 0.506. The molecule has 0 aliphatic rings. The Kier molecular flexibility index (Phi) is 4.01. The Balaban J connectivity index is 3.77. The minimum absolute atomic E-state index is 0.214. The molecular formula is C9H20N2. The second-order valence-electron chi connectivity index (χ2n) is 3.66. The second-order valence-corrected chi connectivity index (χ2v) is 3.66. The average Bonchev–Trinajstić information content (AvgIpc) is 1.86. The Morgan fingerprint density at radius 3 is 2.27 bits per heavy atom. The monoisotopic (exact) mass is 156 g/mol. The summed E-state index contributed by atoms with van der Waals surface area (Å²) in [5, 5.41) is 3.13. The lowest BCUT2D eigenvalue weighted by atomic mass is 10.1. The summed E-state index contributed by atoms with van der Waals surface area (Å²) in [6.07, 6.45) is 4.04. The number of nitrogens with zero attached hydrogens (tertiary/aromatic N) is 1. The highest BCUT2D eigenvalue weighted by Crippen LogP contribution is 2.09. The summed E-state index contributed by atoms with van der Waals surface area (Å²) in [4.78, 5) is 2.18. The van der Waals surface area contributed by atoms with E-state index in [0.29, 0.717) is 0 Å². The van der Waals surface area contributed by atoms with E-state index in [4.69, 9.17) is 0 Å². The van der Waals surface area contributed by atoms with Gasteiger partial charge < -0.3 is 10.2 Å². The van der Waals surface area contributed by atoms with E-state index >= 15 is 0 Å². The lowest BCUT2D eigenvalue weighted by Crippen LogP contribution is -2.33.